The number of imidazole rings is 1. The molecule has 0 bridgehead atoms. The van der Waals surface area contributed by atoms with Gasteiger partial charge in [0.15, 0.2) is 0 Å². The van der Waals surface area contributed by atoms with Gasteiger partial charge in [0, 0.05) is 45.9 Å². The van der Waals surface area contributed by atoms with E-state index in [4.69, 9.17) is 27.4 Å². The van der Waals surface area contributed by atoms with Crippen LogP contribution in [0.5, 0.6) is 0 Å². The van der Waals surface area contributed by atoms with Crippen LogP contribution < -0.4 is 10.2 Å². The van der Waals surface area contributed by atoms with Gasteiger partial charge in [-0.15, -0.1) is 11.3 Å². The smallest absolute Gasteiger partial charge is 0.222 e. The van der Waals surface area contributed by atoms with Crippen molar-refractivity contribution in [3.8, 4) is 0 Å². The number of hydrogen-bond acceptors (Lipinski definition) is 6. The summed E-state index contributed by atoms with van der Waals surface area (Å²) in [5.41, 5.74) is 4.44. The lowest BCUT2D eigenvalue weighted by Crippen LogP contribution is -2.42. The zero-order valence-corrected chi connectivity index (χ0v) is 20.8. The minimum Gasteiger partial charge on any atom is -0.356 e. The molecule has 0 saturated carbocycles. The van der Waals surface area contributed by atoms with E-state index in [0.29, 0.717) is 23.7 Å². The lowest BCUT2D eigenvalue weighted by Gasteiger charge is -2.24. The highest BCUT2D eigenvalue weighted by Crippen LogP contribution is 2.40. The van der Waals surface area contributed by atoms with Gasteiger partial charge < -0.3 is 10.3 Å². The summed E-state index contributed by atoms with van der Waals surface area (Å²) in [6.45, 7) is 6.16. The molecule has 0 spiro atoms. The van der Waals surface area contributed by atoms with E-state index in [1.807, 2.05) is 26.0 Å². The van der Waals surface area contributed by atoms with Crippen LogP contribution in [-0.2, 0) is 11.2 Å². The van der Waals surface area contributed by atoms with Gasteiger partial charge in [0.05, 0.1) is 18.5 Å². The van der Waals surface area contributed by atoms with Gasteiger partial charge in [-0.3, -0.25) is 25.5 Å². The molecule has 0 unspecified atom stereocenters. The summed E-state index contributed by atoms with van der Waals surface area (Å²) in [5, 5.41) is 21.6. The summed E-state index contributed by atoms with van der Waals surface area (Å²) in [6.07, 6.45) is 3.97. The van der Waals surface area contributed by atoms with E-state index in [9.17, 15) is 4.79 Å². The Hall–Kier alpha value is -3.30. The van der Waals surface area contributed by atoms with E-state index >= 15 is 0 Å². The first kappa shape index (κ1) is 23.8. The number of halogens is 1. The van der Waals surface area contributed by atoms with Crippen LogP contribution in [0.1, 0.15) is 40.6 Å². The summed E-state index contributed by atoms with van der Waals surface area (Å²) in [7, 11) is 0. The van der Waals surface area contributed by atoms with Gasteiger partial charge >= 0.3 is 0 Å². The predicted octanol–water partition coefficient (Wildman–Crippen LogP) is 4.49. The number of hydrogen-bond donors (Lipinski definition) is 4. The summed E-state index contributed by atoms with van der Waals surface area (Å²) in [5.74, 6) is 0.126. The average molecular weight is 496 g/mol. The second kappa shape index (κ2) is 9.90. The highest BCUT2D eigenvalue weighted by Gasteiger charge is 2.34. The van der Waals surface area contributed by atoms with Crippen LogP contribution in [0.25, 0.3) is 0 Å². The Morgan fingerprint density at radius 1 is 1.29 bits per heavy atom. The van der Waals surface area contributed by atoms with Crippen LogP contribution in [0.3, 0.4) is 0 Å². The zero-order valence-electron chi connectivity index (χ0n) is 19.2. The fraction of sp³-hybridized carbons (Fsp3) is 0.292. The number of thiophene rings is 1. The maximum Gasteiger partial charge on any atom is 0.222 e. The molecule has 10 heteroatoms. The normalized spacial score (nSPS) is 15.5. The Balaban J connectivity index is 1.69. The number of aromatic amines is 1. The molecule has 0 saturated heterocycles. The lowest BCUT2D eigenvalue weighted by atomic mass is 9.99. The molecule has 1 atom stereocenters. The van der Waals surface area contributed by atoms with Crippen molar-refractivity contribution in [2.75, 3.05) is 11.4 Å². The van der Waals surface area contributed by atoms with Gasteiger partial charge in [-0.1, -0.05) is 23.7 Å². The third kappa shape index (κ3) is 4.80. The Labute approximate surface area is 207 Å². The standard InChI is InChI=1S/C24H26ClN7OS/c1-13-14(2)34-24-21(13)22(16-4-6-17(25)7-5-16)31-19(23(27)32(24)15(3)26)10-20(33)29-9-8-18-11-28-12-30-18/h4-7,11-12,19,26-27H,8-10H2,1-3H3,(H,28,30)(H,29,33)/t19-/m0/s1. The Kier molecular flexibility index (Phi) is 6.95. The van der Waals surface area contributed by atoms with Gasteiger partial charge in [-0.05, 0) is 38.5 Å². The molecular formula is C24H26ClN7OS. The molecule has 0 fully saturated rings. The molecule has 1 aliphatic heterocycles. The number of rotatable bonds is 6. The first-order valence-electron chi connectivity index (χ1n) is 10.9. The number of nitrogens with one attached hydrogen (secondary N) is 4. The predicted molar refractivity (Wildman–Crippen MR) is 138 cm³/mol. The van der Waals surface area contributed by atoms with E-state index < -0.39 is 6.04 Å². The van der Waals surface area contributed by atoms with Crippen molar-refractivity contribution in [2.24, 2.45) is 4.99 Å². The van der Waals surface area contributed by atoms with Crippen LogP contribution in [0, 0.1) is 24.7 Å². The van der Waals surface area contributed by atoms with Crippen molar-refractivity contribution in [1.29, 1.82) is 10.8 Å². The molecule has 1 aromatic carbocycles. The van der Waals surface area contributed by atoms with E-state index in [1.54, 1.807) is 36.5 Å². The lowest BCUT2D eigenvalue weighted by molar-refractivity contribution is -0.121. The molecule has 0 aliphatic carbocycles. The fourth-order valence-corrected chi connectivity index (χ4v) is 5.24. The molecule has 3 aromatic rings. The number of carbonyl (C=O) groups is 1. The number of amidine groups is 2. The first-order chi connectivity index (χ1) is 16.3. The number of fused-ring (bicyclic) bond motifs is 1. The molecule has 8 nitrogen and oxygen atoms in total. The topological polar surface area (TPSA) is 121 Å². The number of aliphatic imine (C=N–C) groups is 1. The number of aromatic nitrogens is 2. The molecule has 34 heavy (non-hydrogen) atoms. The largest absolute Gasteiger partial charge is 0.356 e. The highest BCUT2D eigenvalue weighted by molar-refractivity contribution is 7.17. The second-order valence-electron chi connectivity index (χ2n) is 8.15. The number of H-pyrrole nitrogens is 1. The number of benzene rings is 1. The summed E-state index contributed by atoms with van der Waals surface area (Å²) >= 11 is 7.65. The molecule has 4 rings (SSSR count). The van der Waals surface area contributed by atoms with Crippen molar-refractivity contribution >= 4 is 51.2 Å². The summed E-state index contributed by atoms with van der Waals surface area (Å²) < 4.78 is 0. The van der Waals surface area contributed by atoms with Gasteiger partial charge in [0.2, 0.25) is 5.91 Å². The van der Waals surface area contributed by atoms with Crippen molar-refractivity contribution in [1.82, 2.24) is 15.3 Å². The van der Waals surface area contributed by atoms with Crippen molar-refractivity contribution in [3.63, 3.8) is 0 Å². The minimum atomic E-state index is -0.738. The number of amides is 1. The third-order valence-corrected chi connectivity index (χ3v) is 7.20. The summed E-state index contributed by atoms with van der Waals surface area (Å²) in [4.78, 5) is 27.4. The van der Waals surface area contributed by atoms with Crippen LogP contribution in [-0.4, -0.2) is 45.8 Å². The molecule has 2 aromatic heterocycles. The van der Waals surface area contributed by atoms with Crippen LogP contribution in [0.4, 0.5) is 5.00 Å². The Morgan fingerprint density at radius 2 is 2.03 bits per heavy atom. The number of nitrogens with zero attached hydrogens (tertiary/aromatic N) is 3. The molecule has 1 aliphatic rings. The van der Waals surface area contributed by atoms with Crippen molar-refractivity contribution in [2.45, 2.75) is 39.7 Å². The highest BCUT2D eigenvalue weighted by atomic mass is 35.5. The van der Waals surface area contributed by atoms with Crippen LogP contribution in [0.15, 0.2) is 41.8 Å². The molecule has 0 radical (unpaired) electrons. The van der Waals surface area contributed by atoms with Crippen molar-refractivity contribution < 1.29 is 4.79 Å². The number of anilines is 1. The van der Waals surface area contributed by atoms with E-state index in [0.717, 1.165) is 32.3 Å². The van der Waals surface area contributed by atoms with Gasteiger partial charge in [-0.25, -0.2) is 4.98 Å². The number of carbonyl (C=O) groups excluding carboxylic acids is 1. The average Bonchev–Trinajstić information content (AvgIpc) is 3.37. The Morgan fingerprint density at radius 3 is 2.68 bits per heavy atom. The maximum atomic E-state index is 12.8. The molecule has 1 amide bonds. The molecule has 176 valence electrons. The van der Waals surface area contributed by atoms with Crippen LogP contribution >= 0.6 is 22.9 Å². The maximum absolute atomic E-state index is 12.8. The quantitative estimate of drug-likeness (QED) is 0.297. The van der Waals surface area contributed by atoms with Gasteiger partial charge in [-0.2, -0.15) is 0 Å². The van der Waals surface area contributed by atoms with Crippen LogP contribution in [0.2, 0.25) is 5.02 Å². The minimum absolute atomic E-state index is 0.00957. The van der Waals surface area contributed by atoms with E-state index in [1.165, 1.54) is 11.3 Å². The Bertz CT molecular complexity index is 1260. The second-order valence-corrected chi connectivity index (χ2v) is 9.79. The molecule has 4 N–H and O–H groups in total. The van der Waals surface area contributed by atoms with E-state index in [-0.39, 0.29) is 24.0 Å². The third-order valence-electron chi connectivity index (χ3n) is 5.75. The van der Waals surface area contributed by atoms with Gasteiger partial charge in [0.25, 0.3) is 0 Å². The monoisotopic (exact) mass is 495 g/mol. The molecular weight excluding hydrogens is 470 g/mol. The zero-order chi connectivity index (χ0) is 24.4. The first-order valence-corrected chi connectivity index (χ1v) is 12.1. The summed E-state index contributed by atoms with van der Waals surface area (Å²) in [6, 6.07) is 6.67. The van der Waals surface area contributed by atoms with Gasteiger partial charge in [0.1, 0.15) is 22.7 Å². The number of aryl methyl sites for hydroxylation is 1. The SMILES string of the molecule is CC(=N)N1C(=N)[C@H](CC(=O)NCCc2cnc[nH]2)N=C(c2ccc(Cl)cc2)c2c1sc(C)c2C. The fourth-order valence-electron chi connectivity index (χ4n) is 3.89. The van der Waals surface area contributed by atoms with E-state index in [2.05, 4.69) is 15.3 Å². The van der Waals surface area contributed by atoms with Crippen molar-refractivity contribution in [3.05, 3.63) is 69.1 Å². The molecule has 3 heterocycles.